The molecule has 1 fully saturated rings. The van der Waals surface area contributed by atoms with E-state index in [1.165, 1.54) is 29.2 Å². The van der Waals surface area contributed by atoms with E-state index < -0.39 is 29.5 Å². The molecule has 0 bridgehead atoms. The number of anilines is 1. The van der Waals surface area contributed by atoms with Gasteiger partial charge >= 0.3 is 0 Å². The number of amides is 2. The van der Waals surface area contributed by atoms with E-state index in [2.05, 4.69) is 5.32 Å². The maximum Gasteiger partial charge on any atom is 0.269 e. The second kappa shape index (κ2) is 7.16. The molecule has 1 saturated heterocycles. The Morgan fingerprint density at radius 2 is 2.09 bits per heavy atom. The summed E-state index contributed by atoms with van der Waals surface area (Å²) >= 11 is 0. The number of benzene rings is 1. The molecule has 2 amide bonds. The number of carbonyl (C=O) groups is 2. The smallest absolute Gasteiger partial charge is 0.269 e. The van der Waals surface area contributed by atoms with E-state index in [-0.39, 0.29) is 11.6 Å². The zero-order valence-corrected chi connectivity index (χ0v) is 12.3. The van der Waals surface area contributed by atoms with Crippen LogP contribution in [0.1, 0.15) is 12.8 Å². The number of nitrogens with one attached hydrogen (secondary N) is 1. The number of aliphatic hydroxyl groups is 1. The minimum Gasteiger partial charge on any atom is -0.394 e. The lowest BCUT2D eigenvalue weighted by Crippen LogP contribution is -2.51. The summed E-state index contributed by atoms with van der Waals surface area (Å²) in [6, 6.07) is 3.73. The summed E-state index contributed by atoms with van der Waals surface area (Å²) in [5, 5.41) is 22.2. The average molecular weight is 322 g/mol. The minimum absolute atomic E-state index is 0.0745. The van der Waals surface area contributed by atoms with Crippen molar-refractivity contribution in [2.45, 2.75) is 24.9 Å². The molecule has 2 atom stereocenters. The van der Waals surface area contributed by atoms with Gasteiger partial charge in [-0.25, -0.2) is 0 Å². The SMILES string of the molecule is N[C@@H](CO)C(=O)N1CCC[C@H]1C(=O)Nc1ccc([N+](=O)[O-])cc1. The molecule has 2 rings (SSSR count). The molecule has 9 heteroatoms. The molecule has 0 aliphatic carbocycles. The van der Waals surface area contributed by atoms with Crippen molar-refractivity contribution in [2.75, 3.05) is 18.5 Å². The summed E-state index contributed by atoms with van der Waals surface area (Å²) in [5.41, 5.74) is 5.85. The first-order chi connectivity index (χ1) is 10.9. The van der Waals surface area contributed by atoms with Crippen LogP contribution in [-0.2, 0) is 9.59 Å². The van der Waals surface area contributed by atoms with Crippen LogP contribution in [0.3, 0.4) is 0 Å². The van der Waals surface area contributed by atoms with E-state index in [0.29, 0.717) is 25.1 Å². The highest BCUT2D eigenvalue weighted by Gasteiger charge is 2.35. The van der Waals surface area contributed by atoms with Gasteiger partial charge in [0, 0.05) is 24.4 Å². The third-order valence-electron chi connectivity index (χ3n) is 3.70. The van der Waals surface area contributed by atoms with Gasteiger partial charge in [-0.15, -0.1) is 0 Å². The number of rotatable bonds is 5. The van der Waals surface area contributed by atoms with Crippen LogP contribution in [0.15, 0.2) is 24.3 Å². The summed E-state index contributed by atoms with van der Waals surface area (Å²) < 4.78 is 0. The number of non-ortho nitro benzene ring substituents is 1. The molecule has 4 N–H and O–H groups in total. The number of nitro groups is 1. The molecule has 0 aromatic heterocycles. The van der Waals surface area contributed by atoms with Crippen molar-refractivity contribution < 1.29 is 19.6 Å². The Kier molecular flexibility index (Phi) is 5.24. The summed E-state index contributed by atoms with van der Waals surface area (Å²) in [6.45, 7) is -0.0725. The summed E-state index contributed by atoms with van der Waals surface area (Å²) in [6.07, 6.45) is 1.17. The van der Waals surface area contributed by atoms with Crippen LogP contribution in [0.5, 0.6) is 0 Å². The molecule has 124 valence electrons. The number of nitro benzene ring substituents is 1. The lowest BCUT2D eigenvalue weighted by Gasteiger charge is -2.26. The van der Waals surface area contributed by atoms with E-state index in [1.54, 1.807) is 0 Å². The largest absolute Gasteiger partial charge is 0.394 e. The maximum absolute atomic E-state index is 12.3. The Hall–Kier alpha value is -2.52. The molecule has 1 aliphatic rings. The lowest BCUT2D eigenvalue weighted by atomic mass is 10.1. The molecule has 0 saturated carbocycles. The van der Waals surface area contributed by atoms with Crippen LogP contribution in [0.2, 0.25) is 0 Å². The molecule has 23 heavy (non-hydrogen) atoms. The third kappa shape index (κ3) is 3.82. The van der Waals surface area contributed by atoms with Crippen LogP contribution in [0.25, 0.3) is 0 Å². The van der Waals surface area contributed by atoms with Gasteiger partial charge in [0.15, 0.2) is 0 Å². The van der Waals surface area contributed by atoms with E-state index >= 15 is 0 Å². The number of nitrogens with two attached hydrogens (primary N) is 1. The van der Waals surface area contributed by atoms with Crippen LogP contribution < -0.4 is 11.1 Å². The van der Waals surface area contributed by atoms with E-state index in [4.69, 9.17) is 10.8 Å². The quantitative estimate of drug-likeness (QED) is 0.508. The molecule has 1 aromatic rings. The van der Waals surface area contributed by atoms with Crippen molar-refractivity contribution in [3.8, 4) is 0 Å². The topological polar surface area (TPSA) is 139 Å². The fourth-order valence-electron chi connectivity index (χ4n) is 2.49. The van der Waals surface area contributed by atoms with E-state index in [1.807, 2.05) is 0 Å². The summed E-state index contributed by atoms with van der Waals surface area (Å²) in [4.78, 5) is 35.8. The van der Waals surface area contributed by atoms with Gasteiger partial charge < -0.3 is 21.1 Å². The van der Waals surface area contributed by atoms with Crippen LogP contribution >= 0.6 is 0 Å². The normalized spacial score (nSPS) is 18.5. The first kappa shape index (κ1) is 16.8. The van der Waals surface area contributed by atoms with Crippen molar-refractivity contribution in [3.63, 3.8) is 0 Å². The number of aliphatic hydroxyl groups excluding tert-OH is 1. The van der Waals surface area contributed by atoms with Crippen LogP contribution in [0, 0.1) is 10.1 Å². The van der Waals surface area contributed by atoms with Gasteiger partial charge in [0.05, 0.1) is 11.5 Å². The lowest BCUT2D eigenvalue weighted by molar-refractivity contribution is -0.384. The highest BCUT2D eigenvalue weighted by molar-refractivity contribution is 5.98. The van der Waals surface area contributed by atoms with Gasteiger partial charge in [0.2, 0.25) is 11.8 Å². The number of carbonyl (C=O) groups excluding carboxylic acids is 2. The number of nitrogens with zero attached hydrogens (tertiary/aromatic N) is 2. The Bertz CT molecular complexity index is 604. The molecular formula is C14H18N4O5. The molecule has 1 aromatic carbocycles. The van der Waals surface area contributed by atoms with Gasteiger partial charge in [-0.1, -0.05) is 0 Å². The van der Waals surface area contributed by atoms with Crippen LogP contribution in [-0.4, -0.2) is 52.0 Å². The maximum atomic E-state index is 12.3. The van der Waals surface area contributed by atoms with Crippen LogP contribution in [0.4, 0.5) is 11.4 Å². The van der Waals surface area contributed by atoms with E-state index in [9.17, 15) is 19.7 Å². The van der Waals surface area contributed by atoms with Crippen molar-refractivity contribution >= 4 is 23.2 Å². The highest BCUT2D eigenvalue weighted by atomic mass is 16.6. The molecule has 0 spiro atoms. The Morgan fingerprint density at radius 3 is 2.65 bits per heavy atom. The monoisotopic (exact) mass is 322 g/mol. The zero-order valence-electron chi connectivity index (χ0n) is 12.3. The zero-order chi connectivity index (χ0) is 17.0. The number of likely N-dealkylation sites (tertiary alicyclic amines) is 1. The Labute approximate surface area is 132 Å². The predicted octanol–water partition coefficient (Wildman–Crippen LogP) is -0.156. The third-order valence-corrected chi connectivity index (χ3v) is 3.70. The molecule has 0 unspecified atom stereocenters. The first-order valence-corrected chi connectivity index (χ1v) is 7.16. The molecule has 0 radical (unpaired) electrons. The molecule has 9 nitrogen and oxygen atoms in total. The number of hydrogen-bond donors (Lipinski definition) is 3. The average Bonchev–Trinajstić information content (AvgIpc) is 3.03. The summed E-state index contributed by atoms with van der Waals surface area (Å²) in [7, 11) is 0. The second-order valence-electron chi connectivity index (χ2n) is 5.27. The molecule has 1 heterocycles. The van der Waals surface area contributed by atoms with Gasteiger partial charge in [0.1, 0.15) is 12.1 Å². The van der Waals surface area contributed by atoms with Gasteiger partial charge in [-0.2, -0.15) is 0 Å². The molecular weight excluding hydrogens is 304 g/mol. The van der Waals surface area contributed by atoms with Crippen molar-refractivity contribution in [2.24, 2.45) is 5.73 Å². The first-order valence-electron chi connectivity index (χ1n) is 7.16. The minimum atomic E-state index is -1.04. The Morgan fingerprint density at radius 1 is 1.43 bits per heavy atom. The second-order valence-corrected chi connectivity index (χ2v) is 5.27. The Balaban J connectivity index is 2.04. The van der Waals surface area contributed by atoms with Crippen molar-refractivity contribution in [3.05, 3.63) is 34.4 Å². The fourth-order valence-corrected chi connectivity index (χ4v) is 2.49. The highest BCUT2D eigenvalue weighted by Crippen LogP contribution is 2.21. The molecule has 1 aliphatic heterocycles. The standard InChI is InChI=1S/C14H18N4O5/c15-11(8-19)14(21)17-7-1-2-12(17)13(20)16-9-3-5-10(6-4-9)18(22)23/h3-6,11-12,19H,1-2,7-8,15H2,(H,16,20)/t11-,12-/m0/s1. The predicted molar refractivity (Wildman–Crippen MR) is 81.5 cm³/mol. The summed E-state index contributed by atoms with van der Waals surface area (Å²) in [5.74, 6) is -0.844. The fraction of sp³-hybridized carbons (Fsp3) is 0.429. The van der Waals surface area contributed by atoms with Crippen molar-refractivity contribution in [1.82, 2.24) is 4.90 Å². The van der Waals surface area contributed by atoms with Crippen molar-refractivity contribution in [1.29, 1.82) is 0 Å². The van der Waals surface area contributed by atoms with Gasteiger partial charge in [-0.05, 0) is 25.0 Å². The van der Waals surface area contributed by atoms with Gasteiger partial charge in [-0.3, -0.25) is 19.7 Å². The number of hydrogen-bond acceptors (Lipinski definition) is 6. The van der Waals surface area contributed by atoms with E-state index in [0.717, 1.165) is 0 Å². The van der Waals surface area contributed by atoms with Gasteiger partial charge in [0.25, 0.3) is 5.69 Å².